The molecule has 1 fully saturated rings. The normalized spacial score (nSPS) is 39.2. The van der Waals surface area contributed by atoms with Gasteiger partial charge in [-0.15, -0.1) is 0 Å². The number of hydrogen-bond donors (Lipinski definition) is 0. The van der Waals surface area contributed by atoms with Crippen molar-refractivity contribution < 1.29 is 4.79 Å². The van der Waals surface area contributed by atoms with Gasteiger partial charge in [-0.1, -0.05) is 32.4 Å². The number of allylic oxidation sites excluding steroid dienone is 2. The molecule has 1 unspecified atom stereocenters. The first kappa shape index (κ1) is 12.9. The minimum atomic E-state index is 0.252. The number of fused-ring (bicyclic) bond motifs is 1. The first-order valence-corrected chi connectivity index (χ1v) is 7.15. The molecule has 0 aromatic heterocycles. The fraction of sp³-hybridized carbons (Fsp3) is 0.812. The summed E-state index contributed by atoms with van der Waals surface area (Å²) in [5.41, 5.74) is 2.06. The van der Waals surface area contributed by atoms with Crippen molar-refractivity contribution in [2.45, 2.75) is 59.8 Å². The number of carbonyl (C=O) groups excluding carboxylic acids is 1. The molecule has 1 heteroatoms. The summed E-state index contributed by atoms with van der Waals surface area (Å²) in [7, 11) is 0. The monoisotopic (exact) mass is 234 g/mol. The summed E-state index contributed by atoms with van der Waals surface area (Å²) >= 11 is 0. The molecule has 0 radical (unpaired) electrons. The van der Waals surface area contributed by atoms with Crippen LogP contribution in [0.1, 0.15) is 59.8 Å². The van der Waals surface area contributed by atoms with Gasteiger partial charge in [0.25, 0.3) is 0 Å². The maximum atomic E-state index is 11.6. The van der Waals surface area contributed by atoms with Crippen LogP contribution in [0.5, 0.6) is 0 Å². The summed E-state index contributed by atoms with van der Waals surface area (Å²) in [6.07, 6.45) is 8.73. The van der Waals surface area contributed by atoms with Crippen molar-refractivity contribution >= 4 is 5.78 Å². The van der Waals surface area contributed by atoms with Crippen molar-refractivity contribution in [2.24, 2.45) is 23.2 Å². The van der Waals surface area contributed by atoms with Gasteiger partial charge in [0.1, 0.15) is 5.78 Å². The van der Waals surface area contributed by atoms with E-state index in [0.717, 1.165) is 5.92 Å². The Labute approximate surface area is 106 Å². The SMILES string of the molecule is CC(=O)C(C)[C@@H]1CCC2=CCC[C@@H](C)[C@]2(C)C1. The Kier molecular flexibility index (Phi) is 3.47. The molecular weight excluding hydrogens is 208 g/mol. The number of carbonyl (C=O) groups is 1. The molecule has 0 spiro atoms. The Morgan fingerprint density at radius 3 is 2.82 bits per heavy atom. The highest BCUT2D eigenvalue weighted by Gasteiger charge is 2.43. The number of rotatable bonds is 2. The van der Waals surface area contributed by atoms with E-state index in [1.807, 2.05) is 0 Å². The zero-order valence-electron chi connectivity index (χ0n) is 11.8. The summed E-state index contributed by atoms with van der Waals surface area (Å²) in [6.45, 7) is 8.71. The number of hydrogen-bond acceptors (Lipinski definition) is 1. The van der Waals surface area contributed by atoms with Gasteiger partial charge in [-0.3, -0.25) is 4.79 Å². The second kappa shape index (κ2) is 4.59. The van der Waals surface area contributed by atoms with Crippen LogP contribution in [-0.2, 0) is 4.79 Å². The summed E-state index contributed by atoms with van der Waals surface area (Å²) in [5, 5.41) is 0. The lowest BCUT2D eigenvalue weighted by atomic mass is 9.57. The van der Waals surface area contributed by atoms with Crippen LogP contribution in [0.25, 0.3) is 0 Å². The molecule has 2 rings (SSSR count). The molecule has 1 nitrogen and oxygen atoms in total. The highest BCUT2D eigenvalue weighted by Crippen LogP contribution is 2.53. The van der Waals surface area contributed by atoms with Gasteiger partial charge in [0.15, 0.2) is 0 Å². The lowest BCUT2D eigenvalue weighted by Crippen LogP contribution is -2.38. The third kappa shape index (κ3) is 2.21. The van der Waals surface area contributed by atoms with Gasteiger partial charge in [0.05, 0.1) is 0 Å². The molecule has 0 aliphatic heterocycles. The van der Waals surface area contributed by atoms with E-state index in [-0.39, 0.29) is 5.92 Å². The largest absolute Gasteiger partial charge is 0.300 e. The topological polar surface area (TPSA) is 17.1 Å². The van der Waals surface area contributed by atoms with E-state index < -0.39 is 0 Å². The van der Waals surface area contributed by atoms with E-state index in [0.29, 0.717) is 17.1 Å². The standard InChI is InChI=1S/C16H26O/c1-11-6-5-7-15-9-8-14(10-16(11,15)4)12(2)13(3)17/h7,11-12,14H,5-6,8-10H2,1-4H3/t11-,12?,14-,16+/m1/s1. The van der Waals surface area contributed by atoms with E-state index >= 15 is 0 Å². The van der Waals surface area contributed by atoms with Gasteiger partial charge >= 0.3 is 0 Å². The van der Waals surface area contributed by atoms with Crippen LogP contribution < -0.4 is 0 Å². The average molecular weight is 234 g/mol. The van der Waals surface area contributed by atoms with Crippen molar-refractivity contribution in [3.05, 3.63) is 11.6 Å². The minimum Gasteiger partial charge on any atom is -0.300 e. The van der Waals surface area contributed by atoms with Crippen LogP contribution in [0.15, 0.2) is 11.6 Å². The van der Waals surface area contributed by atoms with Crippen molar-refractivity contribution in [3.8, 4) is 0 Å². The molecule has 17 heavy (non-hydrogen) atoms. The Morgan fingerprint density at radius 2 is 2.18 bits per heavy atom. The minimum absolute atomic E-state index is 0.252. The predicted octanol–water partition coefficient (Wildman–Crippen LogP) is 4.37. The molecule has 2 aliphatic carbocycles. The molecule has 0 amide bonds. The third-order valence-electron chi connectivity index (χ3n) is 5.63. The predicted molar refractivity (Wildman–Crippen MR) is 71.8 cm³/mol. The van der Waals surface area contributed by atoms with Crippen LogP contribution >= 0.6 is 0 Å². The van der Waals surface area contributed by atoms with E-state index in [4.69, 9.17) is 0 Å². The van der Waals surface area contributed by atoms with Crippen LogP contribution in [0.3, 0.4) is 0 Å². The van der Waals surface area contributed by atoms with Gasteiger partial charge in [0.2, 0.25) is 0 Å². The molecule has 96 valence electrons. The Morgan fingerprint density at radius 1 is 1.47 bits per heavy atom. The summed E-state index contributed by atoms with van der Waals surface area (Å²) in [6, 6.07) is 0. The Bertz CT molecular complexity index is 341. The molecule has 0 saturated heterocycles. The number of Topliss-reactive ketones (excluding diaryl/α,β-unsaturated/α-hetero) is 1. The van der Waals surface area contributed by atoms with Crippen molar-refractivity contribution in [1.29, 1.82) is 0 Å². The van der Waals surface area contributed by atoms with Crippen LogP contribution in [0.2, 0.25) is 0 Å². The lowest BCUT2D eigenvalue weighted by Gasteiger charge is -2.48. The molecular formula is C16H26O. The molecule has 0 bridgehead atoms. The molecule has 0 N–H and O–H groups in total. The average Bonchev–Trinajstić information content (AvgIpc) is 2.29. The zero-order valence-corrected chi connectivity index (χ0v) is 11.8. The molecule has 4 atom stereocenters. The quantitative estimate of drug-likeness (QED) is 0.648. The molecule has 0 aromatic rings. The van der Waals surface area contributed by atoms with Gasteiger partial charge in [-0.2, -0.15) is 0 Å². The maximum Gasteiger partial charge on any atom is 0.132 e. The van der Waals surface area contributed by atoms with Crippen LogP contribution in [0.4, 0.5) is 0 Å². The first-order valence-electron chi connectivity index (χ1n) is 7.15. The molecule has 2 aliphatic rings. The van der Waals surface area contributed by atoms with Gasteiger partial charge in [-0.05, 0) is 56.3 Å². The fourth-order valence-corrected chi connectivity index (χ4v) is 3.84. The highest BCUT2D eigenvalue weighted by atomic mass is 16.1. The lowest BCUT2D eigenvalue weighted by molar-refractivity contribution is -0.122. The van der Waals surface area contributed by atoms with Crippen LogP contribution in [0, 0.1) is 23.2 Å². The smallest absolute Gasteiger partial charge is 0.132 e. The van der Waals surface area contributed by atoms with Gasteiger partial charge < -0.3 is 0 Å². The second-order valence-corrected chi connectivity index (χ2v) is 6.53. The summed E-state index contributed by atoms with van der Waals surface area (Å²) in [5.74, 6) is 2.01. The van der Waals surface area contributed by atoms with E-state index in [9.17, 15) is 4.79 Å². The third-order valence-corrected chi connectivity index (χ3v) is 5.63. The number of ketones is 1. The van der Waals surface area contributed by atoms with E-state index in [1.165, 1.54) is 32.1 Å². The molecule has 0 heterocycles. The summed E-state index contributed by atoms with van der Waals surface area (Å²) < 4.78 is 0. The first-order chi connectivity index (χ1) is 7.95. The fourth-order valence-electron chi connectivity index (χ4n) is 3.84. The van der Waals surface area contributed by atoms with Gasteiger partial charge in [-0.25, -0.2) is 0 Å². The zero-order chi connectivity index (χ0) is 12.6. The van der Waals surface area contributed by atoms with Crippen molar-refractivity contribution in [1.82, 2.24) is 0 Å². The van der Waals surface area contributed by atoms with Crippen molar-refractivity contribution in [3.63, 3.8) is 0 Å². The van der Waals surface area contributed by atoms with E-state index in [1.54, 1.807) is 12.5 Å². The highest BCUT2D eigenvalue weighted by molar-refractivity contribution is 5.78. The van der Waals surface area contributed by atoms with Gasteiger partial charge in [0, 0.05) is 5.92 Å². The maximum absolute atomic E-state index is 11.6. The molecule has 1 saturated carbocycles. The van der Waals surface area contributed by atoms with E-state index in [2.05, 4.69) is 26.8 Å². The van der Waals surface area contributed by atoms with Crippen molar-refractivity contribution in [2.75, 3.05) is 0 Å². The van der Waals surface area contributed by atoms with Crippen LogP contribution in [-0.4, -0.2) is 5.78 Å². The molecule has 0 aromatic carbocycles. The Balaban J connectivity index is 2.18. The summed E-state index contributed by atoms with van der Waals surface area (Å²) in [4.78, 5) is 11.6. The Hall–Kier alpha value is -0.590. The second-order valence-electron chi connectivity index (χ2n) is 6.53.